The molecule has 0 atom stereocenters. The Balaban J connectivity index is 1.70. The van der Waals surface area contributed by atoms with Gasteiger partial charge in [-0.15, -0.1) is 0 Å². The number of amides is 1. The lowest BCUT2D eigenvalue weighted by Crippen LogP contribution is -2.17. The molecule has 0 saturated carbocycles. The summed E-state index contributed by atoms with van der Waals surface area (Å²) in [6, 6.07) is 16.2. The van der Waals surface area contributed by atoms with E-state index in [0.29, 0.717) is 28.2 Å². The van der Waals surface area contributed by atoms with Gasteiger partial charge >= 0.3 is 5.97 Å². The highest BCUT2D eigenvalue weighted by Gasteiger charge is 2.17. The number of hydrogen-bond acceptors (Lipinski definition) is 7. The molecular weight excluding hydrogens is 448 g/mol. The van der Waals surface area contributed by atoms with Crippen molar-refractivity contribution in [3.05, 3.63) is 82.4 Å². The molecule has 0 aliphatic heterocycles. The fraction of sp³-hybridized carbons (Fsp3) is 0.125. The lowest BCUT2D eigenvalue weighted by atomic mass is 10.2. The highest BCUT2D eigenvalue weighted by molar-refractivity contribution is 6.32. The Morgan fingerprint density at radius 1 is 0.848 bits per heavy atom. The Kier molecular flexibility index (Phi) is 7.88. The number of hydrazone groups is 1. The molecule has 1 N–H and O–H groups in total. The van der Waals surface area contributed by atoms with Crippen molar-refractivity contribution in [1.82, 2.24) is 5.43 Å². The van der Waals surface area contributed by atoms with Gasteiger partial charge in [-0.05, 0) is 66.2 Å². The monoisotopic (exact) mass is 468 g/mol. The minimum atomic E-state index is -0.606. The fourth-order valence-corrected chi connectivity index (χ4v) is 3.02. The number of carbonyl (C=O) groups excluding carboxylic acids is 2. The summed E-state index contributed by atoms with van der Waals surface area (Å²) in [5, 5.41) is 4.08. The molecule has 9 heteroatoms. The molecule has 3 aromatic rings. The molecule has 0 radical (unpaired) electrons. The maximum Gasteiger partial charge on any atom is 0.343 e. The van der Waals surface area contributed by atoms with Gasteiger partial charge in [-0.2, -0.15) is 5.10 Å². The molecule has 0 heterocycles. The molecule has 33 heavy (non-hydrogen) atoms. The average molecular weight is 469 g/mol. The van der Waals surface area contributed by atoms with E-state index in [1.807, 2.05) is 0 Å². The van der Waals surface area contributed by atoms with E-state index in [1.54, 1.807) is 61.7 Å². The van der Waals surface area contributed by atoms with Crippen molar-refractivity contribution < 1.29 is 28.5 Å². The van der Waals surface area contributed by atoms with Gasteiger partial charge in [0.15, 0.2) is 11.5 Å². The normalized spacial score (nSPS) is 10.5. The van der Waals surface area contributed by atoms with Crippen LogP contribution in [0.3, 0.4) is 0 Å². The van der Waals surface area contributed by atoms with Crippen LogP contribution in [0.1, 0.15) is 26.3 Å². The summed E-state index contributed by atoms with van der Waals surface area (Å²) in [7, 11) is 4.50. The zero-order chi connectivity index (χ0) is 23.8. The number of nitrogens with one attached hydrogen (secondary N) is 1. The van der Waals surface area contributed by atoms with Gasteiger partial charge in [0, 0.05) is 5.56 Å². The Morgan fingerprint density at radius 2 is 1.42 bits per heavy atom. The van der Waals surface area contributed by atoms with Crippen molar-refractivity contribution in [2.24, 2.45) is 5.10 Å². The second-order valence-corrected chi connectivity index (χ2v) is 6.99. The molecule has 1 amide bonds. The first-order valence-electron chi connectivity index (χ1n) is 9.66. The van der Waals surface area contributed by atoms with E-state index in [-0.39, 0.29) is 16.5 Å². The first-order chi connectivity index (χ1) is 15.9. The van der Waals surface area contributed by atoms with Crippen molar-refractivity contribution in [1.29, 1.82) is 0 Å². The number of methoxy groups -OCH3 is 3. The smallest absolute Gasteiger partial charge is 0.343 e. The van der Waals surface area contributed by atoms with Crippen LogP contribution < -0.4 is 24.4 Å². The molecular formula is C24H21ClN2O6. The van der Waals surface area contributed by atoms with Gasteiger partial charge in [0.2, 0.25) is 0 Å². The lowest BCUT2D eigenvalue weighted by Gasteiger charge is -2.12. The lowest BCUT2D eigenvalue weighted by molar-refractivity contribution is 0.0729. The van der Waals surface area contributed by atoms with Crippen LogP contribution in [0.15, 0.2) is 65.8 Å². The number of ether oxygens (including phenoxy) is 4. The first-order valence-corrected chi connectivity index (χ1v) is 10.0. The second kappa shape index (κ2) is 11.0. The Bertz CT molecular complexity index is 1160. The van der Waals surface area contributed by atoms with Gasteiger partial charge in [0.05, 0.1) is 38.1 Å². The number of benzene rings is 3. The third kappa shape index (κ3) is 6.02. The van der Waals surface area contributed by atoms with Crippen molar-refractivity contribution in [3.63, 3.8) is 0 Å². The minimum Gasteiger partial charge on any atom is -0.497 e. The predicted molar refractivity (Wildman–Crippen MR) is 124 cm³/mol. The maximum absolute atomic E-state index is 12.5. The van der Waals surface area contributed by atoms with Gasteiger partial charge < -0.3 is 18.9 Å². The van der Waals surface area contributed by atoms with E-state index in [2.05, 4.69) is 10.5 Å². The van der Waals surface area contributed by atoms with Crippen molar-refractivity contribution in [2.75, 3.05) is 21.3 Å². The molecule has 170 valence electrons. The van der Waals surface area contributed by atoms with Crippen molar-refractivity contribution >= 4 is 29.7 Å². The van der Waals surface area contributed by atoms with Crippen LogP contribution in [0.4, 0.5) is 0 Å². The molecule has 0 bridgehead atoms. The summed E-state index contributed by atoms with van der Waals surface area (Å²) < 4.78 is 20.9. The third-order valence-electron chi connectivity index (χ3n) is 4.50. The molecule has 0 saturated heterocycles. The van der Waals surface area contributed by atoms with Crippen LogP contribution >= 0.6 is 11.6 Å². The highest BCUT2D eigenvalue weighted by atomic mass is 35.5. The number of halogens is 1. The van der Waals surface area contributed by atoms with Gasteiger partial charge in [-0.1, -0.05) is 11.6 Å². The predicted octanol–water partition coefficient (Wildman–Crippen LogP) is 4.35. The standard InChI is InChI=1S/C24H21ClN2O6/c1-30-18-8-4-16(5-9-18)23(28)27-26-14-15-12-20(25)22(21(13-15)32-3)33-24(29)17-6-10-19(31-2)11-7-17/h4-14H,1-3H3,(H,27,28)/b26-14+. The number of rotatable bonds is 8. The first kappa shape index (κ1) is 23.6. The average Bonchev–Trinajstić information content (AvgIpc) is 2.85. The van der Waals surface area contributed by atoms with Gasteiger partial charge in [0.1, 0.15) is 11.5 Å². The number of esters is 1. The van der Waals surface area contributed by atoms with E-state index in [0.717, 1.165) is 0 Å². The summed E-state index contributed by atoms with van der Waals surface area (Å²) in [5.74, 6) is 0.559. The third-order valence-corrected chi connectivity index (χ3v) is 4.78. The second-order valence-electron chi connectivity index (χ2n) is 6.58. The largest absolute Gasteiger partial charge is 0.497 e. The SMILES string of the molecule is COc1ccc(C(=O)N/N=C/c2cc(Cl)c(OC(=O)c3ccc(OC)cc3)c(OC)c2)cc1. The molecule has 8 nitrogen and oxygen atoms in total. The molecule has 0 unspecified atom stereocenters. The molecule has 3 rings (SSSR count). The summed E-state index contributed by atoms with van der Waals surface area (Å²) in [6.07, 6.45) is 1.39. The van der Waals surface area contributed by atoms with E-state index in [9.17, 15) is 9.59 Å². The molecule has 0 spiro atoms. The van der Waals surface area contributed by atoms with Crippen LogP contribution in [0.5, 0.6) is 23.0 Å². The molecule has 0 aromatic heterocycles. The Hall–Kier alpha value is -4.04. The summed E-state index contributed by atoms with van der Waals surface area (Å²) in [4.78, 5) is 24.7. The van der Waals surface area contributed by atoms with Crippen LogP contribution in [0.2, 0.25) is 5.02 Å². The summed E-state index contributed by atoms with van der Waals surface area (Å²) in [5.41, 5.74) is 3.69. The van der Waals surface area contributed by atoms with Crippen molar-refractivity contribution in [3.8, 4) is 23.0 Å². The molecule has 0 fully saturated rings. The topological polar surface area (TPSA) is 95.5 Å². The fourth-order valence-electron chi connectivity index (χ4n) is 2.76. The van der Waals surface area contributed by atoms with Gasteiger partial charge in [0.25, 0.3) is 5.91 Å². The zero-order valence-corrected chi connectivity index (χ0v) is 18.9. The van der Waals surface area contributed by atoms with E-state index in [1.165, 1.54) is 26.5 Å². The summed E-state index contributed by atoms with van der Waals surface area (Å²) in [6.45, 7) is 0. The summed E-state index contributed by atoms with van der Waals surface area (Å²) >= 11 is 6.32. The van der Waals surface area contributed by atoms with E-state index >= 15 is 0 Å². The zero-order valence-electron chi connectivity index (χ0n) is 18.1. The number of carbonyl (C=O) groups is 2. The maximum atomic E-state index is 12.5. The van der Waals surface area contributed by atoms with E-state index < -0.39 is 11.9 Å². The number of nitrogens with zero attached hydrogens (tertiary/aromatic N) is 1. The van der Waals surface area contributed by atoms with Gasteiger partial charge in [-0.3, -0.25) is 4.79 Å². The van der Waals surface area contributed by atoms with Crippen molar-refractivity contribution in [2.45, 2.75) is 0 Å². The minimum absolute atomic E-state index is 0.0689. The van der Waals surface area contributed by atoms with Crippen LogP contribution in [-0.2, 0) is 0 Å². The van der Waals surface area contributed by atoms with Gasteiger partial charge in [-0.25, -0.2) is 10.2 Å². The Labute approximate surface area is 195 Å². The molecule has 0 aliphatic carbocycles. The van der Waals surface area contributed by atoms with Crippen LogP contribution in [0.25, 0.3) is 0 Å². The van der Waals surface area contributed by atoms with Crippen LogP contribution in [-0.4, -0.2) is 39.4 Å². The molecule has 3 aromatic carbocycles. The van der Waals surface area contributed by atoms with E-state index in [4.69, 9.17) is 30.5 Å². The van der Waals surface area contributed by atoms with Crippen LogP contribution in [0, 0.1) is 0 Å². The Morgan fingerprint density at radius 3 is 1.97 bits per heavy atom. The highest BCUT2D eigenvalue weighted by Crippen LogP contribution is 2.36. The quantitative estimate of drug-likeness (QED) is 0.228. The molecule has 0 aliphatic rings. The number of hydrogen-bond donors (Lipinski definition) is 1.